The smallest absolute Gasteiger partial charge is 0.253 e. The van der Waals surface area contributed by atoms with E-state index < -0.39 is 20.0 Å². The van der Waals surface area contributed by atoms with E-state index in [0.717, 1.165) is 20.1 Å². The molecule has 1 saturated heterocycles. The van der Waals surface area contributed by atoms with Crippen LogP contribution in [0.15, 0.2) is 18.2 Å². The fraction of sp³-hybridized carbons (Fsp3) is 0.526. The first kappa shape index (κ1) is 22.0. The molecule has 0 aliphatic carbocycles. The first-order valence-electron chi connectivity index (χ1n) is 9.08. The fourth-order valence-corrected chi connectivity index (χ4v) is 3.99. The van der Waals surface area contributed by atoms with E-state index in [0.29, 0.717) is 18.6 Å². The third kappa shape index (κ3) is 6.11. The van der Waals surface area contributed by atoms with Crippen molar-refractivity contribution >= 4 is 48.4 Å². The van der Waals surface area contributed by atoms with Gasteiger partial charge in [0.05, 0.1) is 0 Å². The summed E-state index contributed by atoms with van der Waals surface area (Å²) in [5, 5.41) is 2.78. The van der Waals surface area contributed by atoms with E-state index in [9.17, 15) is 14.4 Å². The van der Waals surface area contributed by atoms with Crippen LogP contribution in [0.2, 0.25) is 25.7 Å². The lowest BCUT2D eigenvalue weighted by atomic mass is 10.0. The number of carbonyl (C=O) groups is 3. The number of nitrogens with zero attached hydrogens (tertiary/aromatic N) is 1. The molecule has 1 N–H and O–H groups in total. The third-order valence-corrected chi connectivity index (χ3v) is 7.42. The van der Waals surface area contributed by atoms with Gasteiger partial charge in [-0.05, 0) is 59.7 Å². The van der Waals surface area contributed by atoms with E-state index in [1.807, 2.05) is 19.1 Å². The summed E-state index contributed by atoms with van der Waals surface area (Å²) in [5.74, 6) is -0.932. The van der Waals surface area contributed by atoms with E-state index >= 15 is 0 Å². The minimum absolute atomic E-state index is 0.0449. The van der Waals surface area contributed by atoms with Gasteiger partial charge in [0.1, 0.15) is 12.8 Å². The summed E-state index contributed by atoms with van der Waals surface area (Å²) in [6.07, 6.45) is 0.539. The van der Waals surface area contributed by atoms with Gasteiger partial charge in [-0.1, -0.05) is 25.7 Å². The number of imide groups is 1. The zero-order valence-electron chi connectivity index (χ0n) is 16.3. The molecule has 1 aliphatic rings. The molecule has 1 aliphatic heterocycles. The van der Waals surface area contributed by atoms with Crippen LogP contribution in [-0.2, 0) is 14.3 Å². The van der Waals surface area contributed by atoms with Crippen molar-refractivity contribution in [3.05, 3.63) is 32.9 Å². The molecular formula is C19H27IN2O4Si. The Hall–Kier alpha value is -1.26. The molecule has 0 bridgehead atoms. The second kappa shape index (κ2) is 9.29. The Kier molecular flexibility index (Phi) is 7.58. The van der Waals surface area contributed by atoms with Crippen molar-refractivity contribution in [1.29, 1.82) is 0 Å². The molecule has 2 rings (SSSR count). The van der Waals surface area contributed by atoms with Crippen molar-refractivity contribution < 1.29 is 19.1 Å². The molecule has 27 heavy (non-hydrogen) atoms. The molecule has 0 saturated carbocycles. The van der Waals surface area contributed by atoms with Crippen LogP contribution >= 0.6 is 22.6 Å². The van der Waals surface area contributed by atoms with E-state index in [-0.39, 0.29) is 25.0 Å². The van der Waals surface area contributed by atoms with Gasteiger partial charge in [-0.15, -0.1) is 0 Å². The average Bonchev–Trinajstić information content (AvgIpc) is 2.58. The molecule has 3 amide bonds. The van der Waals surface area contributed by atoms with Gasteiger partial charge in [-0.2, -0.15) is 0 Å². The maximum Gasteiger partial charge on any atom is 0.253 e. The van der Waals surface area contributed by atoms with Crippen LogP contribution in [0, 0.1) is 10.5 Å². The minimum atomic E-state index is -1.23. The monoisotopic (exact) mass is 502 g/mol. The Bertz CT molecular complexity index is 733. The Morgan fingerprint density at radius 2 is 2.04 bits per heavy atom. The van der Waals surface area contributed by atoms with E-state index in [1.165, 1.54) is 0 Å². The highest BCUT2D eigenvalue weighted by Gasteiger charge is 2.35. The van der Waals surface area contributed by atoms with E-state index in [1.54, 1.807) is 6.07 Å². The molecule has 1 aromatic carbocycles. The van der Waals surface area contributed by atoms with Gasteiger partial charge < -0.3 is 10.1 Å². The second-order valence-corrected chi connectivity index (χ2v) is 14.8. The van der Waals surface area contributed by atoms with E-state index in [2.05, 4.69) is 47.5 Å². The summed E-state index contributed by atoms with van der Waals surface area (Å²) in [6, 6.07) is 5.75. The molecule has 1 heterocycles. The predicted molar refractivity (Wildman–Crippen MR) is 115 cm³/mol. The van der Waals surface area contributed by atoms with Gasteiger partial charge in [-0.3, -0.25) is 19.3 Å². The first-order chi connectivity index (χ1) is 12.6. The van der Waals surface area contributed by atoms with Gasteiger partial charge in [0.15, 0.2) is 0 Å². The number of piperidine rings is 1. The summed E-state index contributed by atoms with van der Waals surface area (Å²) < 4.78 is 6.56. The Balaban J connectivity index is 1.98. The topological polar surface area (TPSA) is 75.7 Å². The number of amides is 3. The number of ether oxygens (including phenoxy) is 1. The minimum Gasteiger partial charge on any atom is -0.361 e. The molecule has 1 aromatic rings. The van der Waals surface area contributed by atoms with Gasteiger partial charge in [0.25, 0.3) is 11.8 Å². The van der Waals surface area contributed by atoms with Crippen molar-refractivity contribution in [2.45, 2.75) is 51.5 Å². The molecule has 8 heteroatoms. The van der Waals surface area contributed by atoms with Crippen LogP contribution in [0.5, 0.6) is 0 Å². The summed E-state index contributed by atoms with van der Waals surface area (Å²) >= 11 is 2.17. The SMILES string of the molecule is Cc1c(I)cccc1C(=O)NC1CCC(=O)N(COCC[Si](C)(C)C)C1=O. The molecule has 0 spiro atoms. The standard InChI is InChI=1S/C19H27IN2O4Si/c1-13-14(6-5-7-15(13)20)18(24)21-16-8-9-17(23)22(19(16)25)12-26-10-11-27(2,3)4/h5-7,16H,8-12H2,1-4H3,(H,21,24). The summed E-state index contributed by atoms with van der Waals surface area (Å²) in [7, 11) is -1.23. The zero-order chi connectivity index (χ0) is 20.2. The molecule has 0 aromatic heterocycles. The van der Waals surface area contributed by atoms with Crippen molar-refractivity contribution in [3.8, 4) is 0 Å². The number of carbonyl (C=O) groups excluding carboxylic acids is 3. The predicted octanol–water partition coefficient (Wildman–Crippen LogP) is 3.16. The molecule has 1 fully saturated rings. The lowest BCUT2D eigenvalue weighted by molar-refractivity contribution is -0.156. The van der Waals surface area contributed by atoms with Crippen molar-refractivity contribution in [2.24, 2.45) is 0 Å². The Labute approximate surface area is 175 Å². The fourth-order valence-electron chi connectivity index (χ4n) is 2.73. The summed E-state index contributed by atoms with van der Waals surface area (Å²) in [4.78, 5) is 38.5. The van der Waals surface area contributed by atoms with Crippen LogP contribution < -0.4 is 5.32 Å². The number of benzene rings is 1. The lowest BCUT2D eigenvalue weighted by Crippen LogP contribution is -2.55. The zero-order valence-corrected chi connectivity index (χ0v) is 19.5. The molecule has 1 unspecified atom stereocenters. The Morgan fingerprint density at radius 3 is 2.70 bits per heavy atom. The number of halogens is 1. The average molecular weight is 502 g/mol. The largest absolute Gasteiger partial charge is 0.361 e. The number of nitrogens with one attached hydrogen (secondary N) is 1. The number of rotatable bonds is 7. The van der Waals surface area contributed by atoms with Gasteiger partial charge in [0, 0.05) is 30.2 Å². The van der Waals surface area contributed by atoms with Crippen LogP contribution in [0.1, 0.15) is 28.8 Å². The van der Waals surface area contributed by atoms with Crippen LogP contribution in [0.4, 0.5) is 0 Å². The van der Waals surface area contributed by atoms with Gasteiger partial charge >= 0.3 is 0 Å². The molecular weight excluding hydrogens is 475 g/mol. The maximum atomic E-state index is 12.7. The van der Waals surface area contributed by atoms with Crippen molar-refractivity contribution in [1.82, 2.24) is 10.2 Å². The molecule has 148 valence electrons. The van der Waals surface area contributed by atoms with Crippen LogP contribution in [0.25, 0.3) is 0 Å². The van der Waals surface area contributed by atoms with Crippen LogP contribution in [-0.4, -0.2) is 50.1 Å². The molecule has 1 atom stereocenters. The van der Waals surface area contributed by atoms with Gasteiger partial charge in [0.2, 0.25) is 5.91 Å². The number of hydrogen-bond donors (Lipinski definition) is 1. The maximum absolute atomic E-state index is 12.7. The highest BCUT2D eigenvalue weighted by atomic mass is 127. The third-order valence-electron chi connectivity index (χ3n) is 4.55. The van der Waals surface area contributed by atoms with Crippen LogP contribution in [0.3, 0.4) is 0 Å². The number of hydrogen-bond acceptors (Lipinski definition) is 4. The second-order valence-electron chi connectivity index (χ2n) is 7.99. The Morgan fingerprint density at radius 1 is 1.33 bits per heavy atom. The highest BCUT2D eigenvalue weighted by Crippen LogP contribution is 2.18. The first-order valence-corrected chi connectivity index (χ1v) is 13.9. The van der Waals surface area contributed by atoms with Crippen molar-refractivity contribution in [3.63, 3.8) is 0 Å². The normalized spacial score (nSPS) is 18.0. The molecule has 0 radical (unpaired) electrons. The van der Waals surface area contributed by atoms with Crippen molar-refractivity contribution in [2.75, 3.05) is 13.3 Å². The van der Waals surface area contributed by atoms with Gasteiger partial charge in [-0.25, -0.2) is 0 Å². The highest BCUT2D eigenvalue weighted by molar-refractivity contribution is 14.1. The molecule has 6 nitrogen and oxygen atoms in total. The summed E-state index contributed by atoms with van der Waals surface area (Å²) in [6.45, 7) is 9.09. The number of likely N-dealkylation sites (tertiary alicyclic amines) is 1. The summed E-state index contributed by atoms with van der Waals surface area (Å²) in [5.41, 5.74) is 1.42. The quantitative estimate of drug-likeness (QED) is 0.269. The lowest BCUT2D eigenvalue weighted by Gasteiger charge is -2.31. The van der Waals surface area contributed by atoms with E-state index in [4.69, 9.17) is 4.74 Å².